The molecule has 2 saturated carbocycles. The highest BCUT2D eigenvalue weighted by Crippen LogP contribution is 2.66. The first-order valence-electron chi connectivity index (χ1n) is 11.6. The molecule has 0 heterocycles. The highest BCUT2D eigenvalue weighted by atomic mass is 16.4. The van der Waals surface area contributed by atoms with Crippen molar-refractivity contribution in [3.8, 4) is 0 Å². The quantitative estimate of drug-likeness (QED) is 0.753. The van der Waals surface area contributed by atoms with Gasteiger partial charge in [0.25, 0.3) is 0 Å². The van der Waals surface area contributed by atoms with Crippen molar-refractivity contribution in [2.24, 2.45) is 40.4 Å². The number of nitrogens with zero attached hydrogens (tertiary/aromatic N) is 1. The highest BCUT2D eigenvalue weighted by Gasteiger charge is 2.62. The number of hydrogen-bond donors (Lipinski definition) is 1. The van der Waals surface area contributed by atoms with Crippen molar-refractivity contribution in [1.82, 2.24) is 4.90 Å². The minimum Gasteiger partial charge on any atom is -0.481 e. The molecule has 5 nitrogen and oxygen atoms in total. The summed E-state index contributed by atoms with van der Waals surface area (Å²) in [6, 6.07) is 0. The Morgan fingerprint density at radius 2 is 1.80 bits per heavy atom. The van der Waals surface area contributed by atoms with Crippen molar-refractivity contribution in [3.63, 3.8) is 0 Å². The van der Waals surface area contributed by atoms with E-state index in [2.05, 4.69) is 26.0 Å². The standard InChI is InChI=1S/C25H35NO4/c1-5-26(6-2)22(28)21-14-16(27)13-15-7-8-17-18-9-10-20(23(29)30)24(18,3)12-11-19(17)25(15,21)4/h7-8,13,17-21H,5-6,9-12,14H2,1-4H3,(H,29,30)/t17-,18-,19-,20+,21?,24-,25-/m0/s1. The van der Waals surface area contributed by atoms with Gasteiger partial charge in [0.2, 0.25) is 5.91 Å². The predicted octanol–water partition coefficient (Wildman–Crippen LogP) is 4.09. The van der Waals surface area contributed by atoms with Crippen LogP contribution in [0.1, 0.15) is 59.8 Å². The molecule has 1 N–H and O–H groups in total. The van der Waals surface area contributed by atoms with E-state index >= 15 is 0 Å². The van der Waals surface area contributed by atoms with E-state index < -0.39 is 5.97 Å². The Bertz CT molecular complexity index is 825. The van der Waals surface area contributed by atoms with Crippen molar-refractivity contribution in [2.45, 2.75) is 59.8 Å². The molecule has 4 aliphatic rings. The largest absolute Gasteiger partial charge is 0.481 e. The van der Waals surface area contributed by atoms with Crippen LogP contribution in [0.15, 0.2) is 23.8 Å². The first-order chi connectivity index (χ1) is 14.2. The summed E-state index contributed by atoms with van der Waals surface area (Å²) >= 11 is 0. The van der Waals surface area contributed by atoms with Crippen LogP contribution in [0, 0.1) is 40.4 Å². The number of carbonyl (C=O) groups excluding carboxylic acids is 2. The Morgan fingerprint density at radius 1 is 1.10 bits per heavy atom. The SMILES string of the molecule is CCN(CC)C(=O)C1CC(=O)C=C2C=C[C@H]3[C@@H]4CC[C@H](C(=O)O)[C@@]4(C)CC[C@@H]3[C@]21C. The van der Waals surface area contributed by atoms with E-state index in [-0.39, 0.29) is 52.6 Å². The second-order valence-electron chi connectivity index (χ2n) is 10.3. The summed E-state index contributed by atoms with van der Waals surface area (Å²) in [4.78, 5) is 39.8. The third-order valence-electron chi connectivity index (χ3n) is 9.34. The lowest BCUT2D eigenvalue weighted by Crippen LogP contribution is -2.55. The lowest BCUT2D eigenvalue weighted by atomic mass is 9.46. The Balaban J connectivity index is 1.75. The zero-order chi connectivity index (χ0) is 21.8. The number of carbonyl (C=O) groups is 3. The molecule has 0 spiro atoms. The molecular weight excluding hydrogens is 378 g/mol. The molecule has 0 saturated heterocycles. The molecule has 0 aromatic heterocycles. The number of ketones is 1. The van der Waals surface area contributed by atoms with Crippen LogP contribution in [0.25, 0.3) is 0 Å². The van der Waals surface area contributed by atoms with E-state index in [0.29, 0.717) is 19.0 Å². The fourth-order valence-corrected chi connectivity index (χ4v) is 7.59. The molecule has 4 aliphatic carbocycles. The van der Waals surface area contributed by atoms with Crippen LogP contribution in [-0.2, 0) is 14.4 Å². The van der Waals surface area contributed by atoms with Gasteiger partial charge in [0.05, 0.1) is 11.8 Å². The highest BCUT2D eigenvalue weighted by molar-refractivity contribution is 5.97. The lowest BCUT2D eigenvalue weighted by Gasteiger charge is -2.57. The molecule has 0 bridgehead atoms. The number of fused-ring (bicyclic) bond motifs is 5. The van der Waals surface area contributed by atoms with E-state index in [4.69, 9.17) is 0 Å². The van der Waals surface area contributed by atoms with Gasteiger partial charge in [-0.15, -0.1) is 0 Å². The number of amides is 1. The second kappa shape index (κ2) is 7.35. The summed E-state index contributed by atoms with van der Waals surface area (Å²) in [5.41, 5.74) is 0.454. The molecule has 2 fully saturated rings. The first-order valence-corrected chi connectivity index (χ1v) is 11.6. The third kappa shape index (κ3) is 2.84. The topological polar surface area (TPSA) is 74.7 Å². The van der Waals surface area contributed by atoms with Crippen LogP contribution in [-0.4, -0.2) is 40.8 Å². The monoisotopic (exact) mass is 413 g/mol. The maximum Gasteiger partial charge on any atom is 0.307 e. The predicted molar refractivity (Wildman–Crippen MR) is 115 cm³/mol. The number of carboxylic acids is 1. The zero-order valence-corrected chi connectivity index (χ0v) is 18.7. The minimum absolute atomic E-state index is 0.0449. The Hall–Kier alpha value is -1.91. The average molecular weight is 414 g/mol. The third-order valence-corrected chi connectivity index (χ3v) is 9.34. The lowest BCUT2D eigenvalue weighted by molar-refractivity contribution is -0.150. The Kier molecular flexibility index (Phi) is 5.22. The number of hydrogen-bond acceptors (Lipinski definition) is 3. The fraction of sp³-hybridized carbons (Fsp3) is 0.720. The van der Waals surface area contributed by atoms with Crippen LogP contribution >= 0.6 is 0 Å². The fourth-order valence-electron chi connectivity index (χ4n) is 7.59. The van der Waals surface area contributed by atoms with Crippen LogP contribution < -0.4 is 0 Å². The van der Waals surface area contributed by atoms with Crippen molar-refractivity contribution >= 4 is 17.7 Å². The maximum atomic E-state index is 13.5. The molecule has 0 aliphatic heterocycles. The van der Waals surface area contributed by atoms with Gasteiger partial charge in [-0.25, -0.2) is 0 Å². The molecule has 30 heavy (non-hydrogen) atoms. The molecule has 0 radical (unpaired) electrons. The van der Waals surface area contributed by atoms with Crippen molar-refractivity contribution < 1.29 is 19.5 Å². The molecule has 1 unspecified atom stereocenters. The van der Waals surface area contributed by atoms with Gasteiger partial charge in [0, 0.05) is 24.9 Å². The van der Waals surface area contributed by atoms with Gasteiger partial charge in [0.1, 0.15) is 0 Å². The van der Waals surface area contributed by atoms with Crippen LogP contribution in [0.4, 0.5) is 0 Å². The maximum absolute atomic E-state index is 13.5. The van der Waals surface area contributed by atoms with Gasteiger partial charge in [-0.3, -0.25) is 14.4 Å². The van der Waals surface area contributed by atoms with Crippen LogP contribution in [0.3, 0.4) is 0 Å². The normalized spacial score (nSPS) is 42.1. The average Bonchev–Trinajstić information content (AvgIpc) is 3.06. The number of rotatable bonds is 4. The summed E-state index contributed by atoms with van der Waals surface area (Å²) < 4.78 is 0. The van der Waals surface area contributed by atoms with E-state index in [1.54, 1.807) is 6.08 Å². The minimum atomic E-state index is -0.664. The molecule has 1 amide bonds. The smallest absolute Gasteiger partial charge is 0.307 e. The van der Waals surface area contributed by atoms with Crippen molar-refractivity contribution in [2.75, 3.05) is 13.1 Å². The molecule has 5 heteroatoms. The zero-order valence-electron chi connectivity index (χ0n) is 18.7. The van der Waals surface area contributed by atoms with Crippen molar-refractivity contribution in [3.05, 3.63) is 23.8 Å². The van der Waals surface area contributed by atoms with E-state index in [9.17, 15) is 19.5 Å². The van der Waals surface area contributed by atoms with Gasteiger partial charge < -0.3 is 10.0 Å². The number of carboxylic acid groups (broad SMARTS) is 1. The summed E-state index contributed by atoms with van der Waals surface area (Å²) in [6.07, 6.45) is 9.84. The van der Waals surface area contributed by atoms with Gasteiger partial charge in [0.15, 0.2) is 5.78 Å². The van der Waals surface area contributed by atoms with E-state index in [1.807, 2.05) is 18.7 Å². The summed E-state index contributed by atoms with van der Waals surface area (Å²) in [7, 11) is 0. The molecule has 0 aromatic rings. The van der Waals surface area contributed by atoms with Crippen molar-refractivity contribution in [1.29, 1.82) is 0 Å². The summed E-state index contributed by atoms with van der Waals surface area (Å²) in [5.74, 6) is -0.252. The Labute approximate surface area is 179 Å². The number of aliphatic carboxylic acids is 1. The molecule has 164 valence electrons. The van der Waals surface area contributed by atoms with Gasteiger partial charge in [-0.1, -0.05) is 26.0 Å². The Morgan fingerprint density at radius 3 is 2.43 bits per heavy atom. The molecular formula is C25H35NO4. The molecule has 7 atom stereocenters. The van der Waals surface area contributed by atoms with Crippen LogP contribution in [0.2, 0.25) is 0 Å². The van der Waals surface area contributed by atoms with Gasteiger partial charge in [-0.2, -0.15) is 0 Å². The van der Waals surface area contributed by atoms with E-state index in [1.165, 1.54) is 0 Å². The summed E-state index contributed by atoms with van der Waals surface area (Å²) in [5, 5.41) is 9.80. The number of allylic oxidation sites excluding steroid dienone is 4. The first kappa shape index (κ1) is 21.3. The van der Waals surface area contributed by atoms with Gasteiger partial charge in [-0.05, 0) is 74.3 Å². The second-order valence-corrected chi connectivity index (χ2v) is 10.3. The van der Waals surface area contributed by atoms with Gasteiger partial charge >= 0.3 is 5.97 Å². The molecule has 0 aromatic carbocycles. The van der Waals surface area contributed by atoms with Crippen LogP contribution in [0.5, 0.6) is 0 Å². The van der Waals surface area contributed by atoms with E-state index in [0.717, 1.165) is 31.3 Å². The molecule has 4 rings (SSSR count). The summed E-state index contributed by atoms with van der Waals surface area (Å²) in [6.45, 7) is 9.66.